The SMILES string of the molecule is Nc1ncnn2c(CN3CCOCC3)c(C(F)F)c(-c3ccc(NC(=O)Nc4cc(C(F)(F)F)ccn4)cc3)c12. The van der Waals surface area contributed by atoms with Crippen molar-refractivity contribution in [2.24, 2.45) is 0 Å². The number of aromatic nitrogens is 4. The normalized spacial score (nSPS) is 14.6. The zero-order valence-corrected chi connectivity index (χ0v) is 20.8. The molecule has 0 spiro atoms. The number of benzene rings is 1. The molecule has 5 rings (SSSR count). The first-order valence-electron chi connectivity index (χ1n) is 12.1. The van der Waals surface area contributed by atoms with Gasteiger partial charge in [-0.15, -0.1) is 0 Å². The third kappa shape index (κ3) is 5.65. The van der Waals surface area contributed by atoms with E-state index < -0.39 is 24.2 Å². The summed E-state index contributed by atoms with van der Waals surface area (Å²) in [5, 5.41) is 8.92. The number of hydrogen-bond acceptors (Lipinski definition) is 7. The van der Waals surface area contributed by atoms with Gasteiger partial charge in [0.2, 0.25) is 0 Å². The highest BCUT2D eigenvalue weighted by Crippen LogP contribution is 2.41. The van der Waals surface area contributed by atoms with Crippen molar-refractivity contribution in [2.75, 3.05) is 42.7 Å². The summed E-state index contributed by atoms with van der Waals surface area (Å²) in [6.07, 6.45) is -5.31. The number of halogens is 5. The van der Waals surface area contributed by atoms with Crippen LogP contribution >= 0.6 is 0 Å². The number of carbonyl (C=O) groups is 1. The van der Waals surface area contributed by atoms with Crippen LogP contribution in [0.2, 0.25) is 0 Å². The molecule has 1 aromatic carbocycles. The minimum absolute atomic E-state index is 0.0234. The van der Waals surface area contributed by atoms with E-state index in [2.05, 4.69) is 25.7 Å². The first kappa shape index (κ1) is 27.2. The molecule has 1 fully saturated rings. The van der Waals surface area contributed by atoms with E-state index in [4.69, 9.17) is 10.5 Å². The molecule has 0 saturated carbocycles. The van der Waals surface area contributed by atoms with Crippen LogP contribution in [-0.4, -0.2) is 56.8 Å². The lowest BCUT2D eigenvalue weighted by Crippen LogP contribution is -2.36. The predicted octanol–water partition coefficient (Wildman–Crippen LogP) is 4.81. The van der Waals surface area contributed by atoms with Crippen LogP contribution in [0.3, 0.4) is 0 Å². The fourth-order valence-corrected chi connectivity index (χ4v) is 4.52. The van der Waals surface area contributed by atoms with Gasteiger partial charge in [-0.2, -0.15) is 18.3 Å². The number of amides is 2. The van der Waals surface area contributed by atoms with Gasteiger partial charge in [-0.3, -0.25) is 10.2 Å². The number of alkyl halides is 5. The van der Waals surface area contributed by atoms with Crippen LogP contribution in [0.1, 0.15) is 23.2 Å². The maximum atomic E-state index is 14.6. The zero-order valence-electron chi connectivity index (χ0n) is 20.8. The van der Waals surface area contributed by atoms with E-state index in [0.717, 1.165) is 12.3 Å². The van der Waals surface area contributed by atoms with Crippen molar-refractivity contribution in [1.82, 2.24) is 24.5 Å². The Morgan fingerprint density at radius 2 is 1.80 bits per heavy atom. The molecule has 10 nitrogen and oxygen atoms in total. The molecule has 40 heavy (non-hydrogen) atoms. The zero-order chi connectivity index (χ0) is 28.4. The number of fused-ring (bicyclic) bond motifs is 1. The maximum absolute atomic E-state index is 14.6. The number of carbonyl (C=O) groups excluding carboxylic acids is 1. The van der Waals surface area contributed by atoms with E-state index >= 15 is 0 Å². The maximum Gasteiger partial charge on any atom is 0.416 e. The van der Waals surface area contributed by atoms with Gasteiger partial charge in [0.25, 0.3) is 6.43 Å². The number of hydrogen-bond donors (Lipinski definition) is 3. The number of nitrogens with two attached hydrogens (primary N) is 1. The molecule has 1 aliphatic rings. The summed E-state index contributed by atoms with van der Waals surface area (Å²) < 4.78 is 74.7. The van der Waals surface area contributed by atoms with Gasteiger partial charge in [0.15, 0.2) is 5.82 Å². The summed E-state index contributed by atoms with van der Waals surface area (Å²) in [7, 11) is 0. The van der Waals surface area contributed by atoms with Crippen LogP contribution in [0, 0.1) is 0 Å². The number of morpholine rings is 1. The van der Waals surface area contributed by atoms with Crippen LogP contribution in [-0.2, 0) is 17.5 Å². The molecule has 4 heterocycles. The Hall–Kier alpha value is -4.37. The Morgan fingerprint density at radius 1 is 1.07 bits per heavy atom. The summed E-state index contributed by atoms with van der Waals surface area (Å²) in [4.78, 5) is 22.1. The molecule has 3 aromatic heterocycles. The van der Waals surface area contributed by atoms with Crippen molar-refractivity contribution in [3.05, 3.63) is 65.7 Å². The molecular formula is C25H23F5N8O2. The van der Waals surface area contributed by atoms with Crippen LogP contribution in [0.5, 0.6) is 0 Å². The van der Waals surface area contributed by atoms with Crippen LogP contribution in [0.15, 0.2) is 48.9 Å². The molecule has 1 saturated heterocycles. The third-order valence-electron chi connectivity index (χ3n) is 6.35. The fraction of sp³-hybridized carbons (Fsp3) is 0.280. The standard InChI is InChI=1S/C25H23F5N8O2/c26-22(27)20-17(12-37-7-9-40-10-8-37)38-21(23(31)33-13-34-38)19(20)14-1-3-16(4-2-14)35-24(39)36-18-11-15(5-6-32-18)25(28,29)30/h1-6,11,13,22H,7-10,12H2,(H2,31,33,34)(H2,32,35,36,39). The quantitative estimate of drug-likeness (QED) is 0.289. The molecular weight excluding hydrogens is 539 g/mol. The first-order chi connectivity index (χ1) is 19.1. The monoisotopic (exact) mass is 562 g/mol. The van der Waals surface area contributed by atoms with E-state index in [1.807, 2.05) is 4.90 Å². The summed E-state index contributed by atoms with van der Waals surface area (Å²) >= 11 is 0. The topological polar surface area (TPSA) is 123 Å². The number of nitrogen functional groups attached to an aromatic ring is 1. The Kier molecular flexibility index (Phi) is 7.49. The second-order valence-corrected chi connectivity index (χ2v) is 8.91. The summed E-state index contributed by atoms with van der Waals surface area (Å²) in [6.45, 7) is 2.32. The molecule has 2 amide bonds. The lowest BCUT2D eigenvalue weighted by Gasteiger charge is -2.26. The van der Waals surface area contributed by atoms with E-state index in [1.54, 1.807) is 0 Å². The van der Waals surface area contributed by atoms with E-state index in [1.165, 1.54) is 35.1 Å². The van der Waals surface area contributed by atoms with Crippen molar-refractivity contribution in [2.45, 2.75) is 19.1 Å². The van der Waals surface area contributed by atoms with Crippen molar-refractivity contribution in [3.8, 4) is 11.1 Å². The molecule has 4 aromatic rings. The highest BCUT2D eigenvalue weighted by Gasteiger charge is 2.31. The minimum atomic E-state index is -4.59. The van der Waals surface area contributed by atoms with Crippen molar-refractivity contribution in [3.63, 3.8) is 0 Å². The molecule has 0 atom stereocenters. The van der Waals surface area contributed by atoms with Crippen molar-refractivity contribution < 1.29 is 31.5 Å². The lowest BCUT2D eigenvalue weighted by atomic mass is 10.0. The highest BCUT2D eigenvalue weighted by molar-refractivity contribution is 5.99. The highest BCUT2D eigenvalue weighted by atomic mass is 19.4. The molecule has 0 radical (unpaired) electrons. The first-order valence-corrected chi connectivity index (χ1v) is 12.1. The molecule has 1 aliphatic heterocycles. The average Bonchev–Trinajstić information content (AvgIpc) is 3.25. The molecule has 0 bridgehead atoms. The van der Waals surface area contributed by atoms with Gasteiger partial charge in [-0.05, 0) is 29.8 Å². The Morgan fingerprint density at radius 3 is 2.48 bits per heavy atom. The number of ether oxygens (including phenoxy) is 1. The average molecular weight is 563 g/mol. The van der Waals surface area contributed by atoms with E-state index in [9.17, 15) is 26.7 Å². The van der Waals surface area contributed by atoms with Gasteiger partial charge >= 0.3 is 12.2 Å². The Balaban J connectivity index is 1.43. The number of urea groups is 1. The van der Waals surface area contributed by atoms with E-state index in [0.29, 0.717) is 37.9 Å². The van der Waals surface area contributed by atoms with Gasteiger partial charge < -0.3 is 15.8 Å². The summed E-state index contributed by atoms with van der Waals surface area (Å²) in [5.41, 5.74) is 6.25. The third-order valence-corrected chi connectivity index (χ3v) is 6.35. The second kappa shape index (κ2) is 11.0. The Bertz CT molecular complexity index is 1520. The lowest BCUT2D eigenvalue weighted by molar-refractivity contribution is -0.137. The number of nitrogens with zero attached hydrogens (tertiary/aromatic N) is 5. The summed E-state index contributed by atoms with van der Waals surface area (Å²) in [6, 6.07) is 6.62. The van der Waals surface area contributed by atoms with Gasteiger partial charge in [-0.1, -0.05) is 12.1 Å². The number of nitrogens with one attached hydrogen (secondary N) is 2. The van der Waals surface area contributed by atoms with Crippen molar-refractivity contribution in [1.29, 1.82) is 0 Å². The molecule has 0 unspecified atom stereocenters. The van der Waals surface area contributed by atoms with Crippen molar-refractivity contribution >= 4 is 28.9 Å². The van der Waals surface area contributed by atoms with Gasteiger partial charge in [0, 0.05) is 37.1 Å². The number of rotatable bonds is 6. The largest absolute Gasteiger partial charge is 0.416 e. The van der Waals surface area contributed by atoms with Gasteiger partial charge in [0.05, 0.1) is 30.0 Å². The minimum Gasteiger partial charge on any atom is -0.382 e. The van der Waals surface area contributed by atoms with Crippen LogP contribution < -0.4 is 16.4 Å². The molecule has 0 aliphatic carbocycles. The van der Waals surface area contributed by atoms with Crippen LogP contribution in [0.4, 0.5) is 44.1 Å². The smallest absolute Gasteiger partial charge is 0.382 e. The molecule has 210 valence electrons. The van der Waals surface area contributed by atoms with E-state index in [-0.39, 0.29) is 46.2 Å². The number of anilines is 3. The Labute approximate surface area is 224 Å². The summed E-state index contributed by atoms with van der Waals surface area (Å²) in [5.74, 6) is -0.274. The molecule has 4 N–H and O–H groups in total. The fourth-order valence-electron chi connectivity index (χ4n) is 4.52. The second-order valence-electron chi connectivity index (χ2n) is 8.91. The van der Waals surface area contributed by atoms with Gasteiger partial charge in [0.1, 0.15) is 17.7 Å². The molecule has 15 heteroatoms. The predicted molar refractivity (Wildman–Crippen MR) is 136 cm³/mol. The van der Waals surface area contributed by atoms with Crippen LogP contribution in [0.25, 0.3) is 16.6 Å². The van der Waals surface area contributed by atoms with Gasteiger partial charge in [-0.25, -0.2) is 28.1 Å². The number of pyridine rings is 1.